The highest BCUT2D eigenvalue weighted by Gasteiger charge is 2.20. The van der Waals surface area contributed by atoms with E-state index in [0.29, 0.717) is 6.61 Å². The molecule has 0 saturated carbocycles. The van der Waals surface area contributed by atoms with Crippen molar-refractivity contribution in [2.45, 2.75) is 57.8 Å². The van der Waals surface area contributed by atoms with Gasteiger partial charge in [0.05, 0.1) is 12.2 Å². The summed E-state index contributed by atoms with van der Waals surface area (Å²) in [6, 6.07) is 4.71. The van der Waals surface area contributed by atoms with Crippen molar-refractivity contribution in [2.24, 2.45) is 0 Å². The van der Waals surface area contributed by atoms with E-state index in [4.69, 9.17) is 9.84 Å². The SMILES string of the molecule is CCCC[Si](C)(C)CCCCOc1ccc(C(=O)O)c(F)c1F. The van der Waals surface area contributed by atoms with E-state index < -0.39 is 31.2 Å². The number of aromatic carboxylic acids is 1. The lowest BCUT2D eigenvalue weighted by molar-refractivity contribution is 0.0690. The van der Waals surface area contributed by atoms with Crippen LogP contribution < -0.4 is 4.74 Å². The largest absolute Gasteiger partial charge is 0.490 e. The molecule has 3 nitrogen and oxygen atoms in total. The topological polar surface area (TPSA) is 46.5 Å². The lowest BCUT2D eigenvalue weighted by atomic mass is 10.2. The van der Waals surface area contributed by atoms with Gasteiger partial charge in [0.25, 0.3) is 0 Å². The predicted molar refractivity (Wildman–Crippen MR) is 90.1 cm³/mol. The molecule has 1 aromatic carbocycles. The number of carboxylic acids is 1. The molecule has 1 N–H and O–H groups in total. The molecule has 0 aliphatic heterocycles. The zero-order chi connectivity index (χ0) is 17.5. The van der Waals surface area contributed by atoms with Crippen LogP contribution in [0.3, 0.4) is 0 Å². The van der Waals surface area contributed by atoms with E-state index in [9.17, 15) is 13.6 Å². The molecule has 0 fully saturated rings. The monoisotopic (exact) mass is 344 g/mol. The Balaban J connectivity index is 2.42. The Morgan fingerprint density at radius 1 is 1.13 bits per heavy atom. The second kappa shape index (κ2) is 9.01. The average Bonchev–Trinajstić information content (AvgIpc) is 2.48. The van der Waals surface area contributed by atoms with Gasteiger partial charge in [0.2, 0.25) is 5.82 Å². The normalized spacial score (nSPS) is 11.5. The highest BCUT2D eigenvalue weighted by molar-refractivity contribution is 6.77. The second-order valence-electron chi connectivity index (χ2n) is 6.62. The van der Waals surface area contributed by atoms with Crippen LogP contribution in [0.4, 0.5) is 8.78 Å². The Kier molecular flexibility index (Phi) is 7.68. The number of unbranched alkanes of at least 4 members (excludes halogenated alkanes) is 2. The van der Waals surface area contributed by atoms with Crippen molar-refractivity contribution < 1.29 is 23.4 Å². The Bertz CT molecular complexity index is 533. The molecule has 1 rings (SSSR count). The van der Waals surface area contributed by atoms with Gasteiger partial charge in [0, 0.05) is 8.07 Å². The minimum absolute atomic E-state index is 0.227. The van der Waals surface area contributed by atoms with E-state index >= 15 is 0 Å². The number of carboxylic acid groups (broad SMARTS) is 1. The van der Waals surface area contributed by atoms with E-state index in [1.165, 1.54) is 31.0 Å². The van der Waals surface area contributed by atoms with E-state index in [-0.39, 0.29) is 5.75 Å². The quantitative estimate of drug-likeness (QED) is 0.461. The standard InChI is InChI=1S/C17H26F2O3Si/c1-4-5-11-23(2,3)12-7-6-10-22-14-9-8-13(17(20)21)15(18)16(14)19/h8-9H,4-7,10-12H2,1-3H3,(H,20,21). The Morgan fingerprint density at radius 3 is 2.39 bits per heavy atom. The number of carbonyl (C=O) groups is 1. The van der Waals surface area contributed by atoms with Gasteiger partial charge in [-0.2, -0.15) is 4.39 Å². The average molecular weight is 344 g/mol. The first kappa shape index (κ1) is 19.6. The molecule has 0 bridgehead atoms. The fourth-order valence-corrected chi connectivity index (χ4v) is 5.24. The minimum atomic E-state index is -1.49. The van der Waals surface area contributed by atoms with Crippen molar-refractivity contribution in [3.05, 3.63) is 29.3 Å². The third kappa shape index (κ3) is 6.29. The van der Waals surface area contributed by atoms with E-state index in [2.05, 4.69) is 20.0 Å². The number of benzene rings is 1. The molecular formula is C17H26F2O3Si. The molecule has 1 aromatic rings. The summed E-state index contributed by atoms with van der Waals surface area (Å²) in [6.45, 7) is 7.26. The van der Waals surface area contributed by atoms with Crippen LogP contribution in [0.2, 0.25) is 25.2 Å². The summed E-state index contributed by atoms with van der Waals surface area (Å²) in [5, 5.41) is 8.72. The maximum atomic E-state index is 13.7. The van der Waals surface area contributed by atoms with E-state index in [1.54, 1.807) is 0 Å². The first-order valence-electron chi connectivity index (χ1n) is 8.12. The third-order valence-corrected chi connectivity index (χ3v) is 7.40. The molecule has 0 heterocycles. The van der Waals surface area contributed by atoms with Crippen LogP contribution in [0, 0.1) is 11.6 Å². The van der Waals surface area contributed by atoms with Gasteiger partial charge in [0.15, 0.2) is 11.6 Å². The molecule has 0 aliphatic rings. The van der Waals surface area contributed by atoms with E-state index in [1.807, 2.05) is 0 Å². The highest BCUT2D eigenvalue weighted by Crippen LogP contribution is 2.24. The van der Waals surface area contributed by atoms with Gasteiger partial charge in [-0.05, 0) is 18.6 Å². The van der Waals surface area contributed by atoms with Gasteiger partial charge in [-0.15, -0.1) is 0 Å². The van der Waals surface area contributed by atoms with Crippen molar-refractivity contribution in [2.75, 3.05) is 6.61 Å². The van der Waals surface area contributed by atoms with Crippen LogP contribution in [0.25, 0.3) is 0 Å². The first-order chi connectivity index (χ1) is 10.8. The Hall–Kier alpha value is -1.43. The molecule has 6 heteroatoms. The molecule has 130 valence electrons. The summed E-state index contributed by atoms with van der Waals surface area (Å²) >= 11 is 0. The van der Waals surface area contributed by atoms with Gasteiger partial charge in [-0.3, -0.25) is 0 Å². The van der Waals surface area contributed by atoms with Gasteiger partial charge in [-0.1, -0.05) is 51.4 Å². The molecule has 23 heavy (non-hydrogen) atoms. The maximum absolute atomic E-state index is 13.7. The Labute approximate surface area is 137 Å². The minimum Gasteiger partial charge on any atom is -0.490 e. The predicted octanol–water partition coefficient (Wildman–Crippen LogP) is 5.33. The fourth-order valence-electron chi connectivity index (χ4n) is 2.48. The van der Waals surface area contributed by atoms with Crippen molar-refractivity contribution in [1.29, 1.82) is 0 Å². The number of hydrogen-bond donors (Lipinski definition) is 1. The molecule has 0 aliphatic carbocycles. The summed E-state index contributed by atoms with van der Waals surface area (Å²) < 4.78 is 32.5. The van der Waals surface area contributed by atoms with Crippen molar-refractivity contribution >= 4 is 14.0 Å². The third-order valence-electron chi connectivity index (χ3n) is 3.99. The molecule has 0 saturated heterocycles. The molecular weight excluding hydrogens is 318 g/mol. The van der Waals surface area contributed by atoms with Crippen molar-refractivity contribution in [3.8, 4) is 5.75 Å². The summed E-state index contributed by atoms with van der Waals surface area (Å²) in [5.74, 6) is -4.33. The van der Waals surface area contributed by atoms with Gasteiger partial charge < -0.3 is 9.84 Å². The summed E-state index contributed by atoms with van der Waals surface area (Å²) in [7, 11) is -1.15. The molecule has 0 amide bonds. The number of ether oxygens (including phenoxy) is 1. The van der Waals surface area contributed by atoms with Crippen LogP contribution in [-0.4, -0.2) is 25.8 Å². The van der Waals surface area contributed by atoms with Gasteiger partial charge in [-0.25, -0.2) is 9.18 Å². The number of rotatable bonds is 10. The fraction of sp³-hybridized carbons (Fsp3) is 0.588. The zero-order valence-electron chi connectivity index (χ0n) is 14.1. The summed E-state index contributed by atoms with van der Waals surface area (Å²) in [4.78, 5) is 10.7. The molecule has 0 unspecified atom stereocenters. The zero-order valence-corrected chi connectivity index (χ0v) is 15.1. The van der Waals surface area contributed by atoms with E-state index in [0.717, 1.165) is 18.9 Å². The van der Waals surface area contributed by atoms with Crippen LogP contribution in [0.5, 0.6) is 5.75 Å². The van der Waals surface area contributed by atoms with Crippen molar-refractivity contribution in [1.82, 2.24) is 0 Å². The molecule has 0 radical (unpaired) electrons. The first-order valence-corrected chi connectivity index (χ1v) is 11.5. The smallest absolute Gasteiger partial charge is 0.338 e. The van der Waals surface area contributed by atoms with Crippen LogP contribution >= 0.6 is 0 Å². The summed E-state index contributed by atoms with van der Waals surface area (Å²) in [5.41, 5.74) is -0.682. The highest BCUT2D eigenvalue weighted by atomic mass is 28.3. The van der Waals surface area contributed by atoms with Gasteiger partial charge in [0.1, 0.15) is 0 Å². The summed E-state index contributed by atoms with van der Waals surface area (Å²) in [6.07, 6.45) is 4.29. The molecule has 0 spiro atoms. The Morgan fingerprint density at radius 2 is 1.78 bits per heavy atom. The second-order valence-corrected chi connectivity index (χ2v) is 11.9. The van der Waals surface area contributed by atoms with Crippen molar-refractivity contribution in [3.63, 3.8) is 0 Å². The lowest BCUT2D eigenvalue weighted by Crippen LogP contribution is -2.24. The number of hydrogen-bond acceptors (Lipinski definition) is 2. The van der Waals surface area contributed by atoms with Gasteiger partial charge >= 0.3 is 5.97 Å². The molecule has 0 aromatic heterocycles. The molecule has 0 atom stereocenters. The van der Waals surface area contributed by atoms with Crippen LogP contribution in [0.15, 0.2) is 12.1 Å². The maximum Gasteiger partial charge on any atom is 0.338 e. The number of halogens is 2. The van der Waals surface area contributed by atoms with Crippen LogP contribution in [-0.2, 0) is 0 Å². The lowest BCUT2D eigenvalue weighted by Gasteiger charge is -2.21. The van der Waals surface area contributed by atoms with Crippen LogP contribution in [0.1, 0.15) is 43.0 Å².